The average molecular weight is 396 g/mol. The van der Waals surface area contributed by atoms with E-state index in [1.807, 2.05) is 18.3 Å². The molecule has 2 fully saturated rings. The lowest BCUT2D eigenvalue weighted by atomic mass is 10.0. The Labute approximate surface area is 172 Å². The lowest BCUT2D eigenvalue weighted by molar-refractivity contribution is 0.0327. The monoisotopic (exact) mass is 395 g/mol. The highest BCUT2D eigenvalue weighted by Crippen LogP contribution is 2.29. The van der Waals surface area contributed by atoms with Crippen LogP contribution in [0.4, 0.5) is 0 Å². The van der Waals surface area contributed by atoms with Crippen LogP contribution in [0.25, 0.3) is 12.2 Å². The van der Waals surface area contributed by atoms with Gasteiger partial charge in [-0.05, 0) is 29.3 Å². The summed E-state index contributed by atoms with van der Waals surface area (Å²) in [5.74, 6) is 0.418. The molecule has 2 saturated heterocycles. The fourth-order valence-electron chi connectivity index (χ4n) is 3.79. The summed E-state index contributed by atoms with van der Waals surface area (Å²) in [7, 11) is 0. The SMILES string of the molecule is Oc1c(CN2CCOCC2)cc(/C=C/c2cccnc2)cc1CN1CCOCC1. The number of phenols is 1. The number of nitrogens with zero attached hydrogens (tertiary/aromatic N) is 3. The Morgan fingerprint density at radius 2 is 1.41 bits per heavy atom. The number of hydrogen-bond donors (Lipinski definition) is 1. The molecule has 154 valence electrons. The molecule has 0 unspecified atom stereocenters. The molecule has 1 N–H and O–H groups in total. The standard InChI is InChI=1S/C23H29N3O3/c27-23-21(17-25-6-10-28-11-7-25)14-20(4-3-19-2-1-5-24-16-19)15-22(23)18-26-8-12-29-13-9-26/h1-5,14-16,27H,6-13,17-18H2/b4-3+. The Morgan fingerprint density at radius 1 is 0.862 bits per heavy atom. The van der Waals surface area contributed by atoms with Gasteiger partial charge in [0, 0.05) is 62.8 Å². The van der Waals surface area contributed by atoms with Gasteiger partial charge >= 0.3 is 0 Å². The number of aromatic hydroxyl groups is 1. The van der Waals surface area contributed by atoms with Crippen molar-refractivity contribution < 1.29 is 14.6 Å². The minimum absolute atomic E-state index is 0.418. The van der Waals surface area contributed by atoms with Gasteiger partial charge < -0.3 is 14.6 Å². The van der Waals surface area contributed by atoms with Gasteiger partial charge in [-0.15, -0.1) is 0 Å². The van der Waals surface area contributed by atoms with E-state index >= 15 is 0 Å². The first kappa shape index (κ1) is 20.0. The maximum absolute atomic E-state index is 11.0. The molecule has 0 amide bonds. The summed E-state index contributed by atoms with van der Waals surface area (Å²) in [5.41, 5.74) is 4.11. The lowest BCUT2D eigenvalue weighted by Gasteiger charge is -2.29. The first-order valence-electron chi connectivity index (χ1n) is 10.3. The third-order valence-electron chi connectivity index (χ3n) is 5.44. The smallest absolute Gasteiger partial charge is 0.124 e. The Balaban J connectivity index is 1.59. The van der Waals surface area contributed by atoms with E-state index in [0.717, 1.165) is 87.9 Å². The molecule has 1 aromatic heterocycles. The van der Waals surface area contributed by atoms with Crippen molar-refractivity contribution in [3.63, 3.8) is 0 Å². The Kier molecular flexibility index (Phi) is 6.90. The molecule has 0 atom stereocenters. The summed E-state index contributed by atoms with van der Waals surface area (Å²) < 4.78 is 10.9. The Morgan fingerprint density at radius 3 is 1.93 bits per heavy atom. The molecule has 0 bridgehead atoms. The van der Waals surface area contributed by atoms with E-state index < -0.39 is 0 Å². The number of morpholine rings is 2. The first-order valence-corrected chi connectivity index (χ1v) is 10.3. The van der Waals surface area contributed by atoms with Gasteiger partial charge in [0.2, 0.25) is 0 Å². The van der Waals surface area contributed by atoms with E-state index in [0.29, 0.717) is 5.75 Å². The Bertz CT molecular complexity index is 772. The fraction of sp³-hybridized carbons (Fsp3) is 0.435. The summed E-state index contributed by atoms with van der Waals surface area (Å²) in [6.45, 7) is 8.07. The van der Waals surface area contributed by atoms with E-state index in [1.165, 1.54) is 0 Å². The molecule has 0 spiro atoms. The predicted molar refractivity (Wildman–Crippen MR) is 113 cm³/mol. The van der Waals surface area contributed by atoms with Gasteiger partial charge in [0.05, 0.1) is 26.4 Å². The van der Waals surface area contributed by atoms with Crippen LogP contribution in [0, 0.1) is 0 Å². The van der Waals surface area contributed by atoms with Crippen LogP contribution in [0.2, 0.25) is 0 Å². The third kappa shape index (κ3) is 5.64. The summed E-state index contributed by atoms with van der Waals surface area (Å²) in [6.07, 6.45) is 7.79. The van der Waals surface area contributed by atoms with E-state index in [-0.39, 0.29) is 0 Å². The zero-order chi connectivity index (χ0) is 19.9. The van der Waals surface area contributed by atoms with Crippen LogP contribution < -0.4 is 0 Å². The van der Waals surface area contributed by atoms with Crippen molar-refractivity contribution in [1.29, 1.82) is 0 Å². The van der Waals surface area contributed by atoms with Crippen molar-refractivity contribution in [3.8, 4) is 5.75 Å². The molecule has 1 aromatic carbocycles. The number of aromatic nitrogens is 1. The molecule has 2 aliphatic rings. The van der Waals surface area contributed by atoms with Crippen molar-refractivity contribution >= 4 is 12.2 Å². The van der Waals surface area contributed by atoms with Crippen LogP contribution in [-0.4, -0.2) is 72.5 Å². The summed E-state index contributed by atoms with van der Waals surface area (Å²) >= 11 is 0. The van der Waals surface area contributed by atoms with E-state index in [9.17, 15) is 5.11 Å². The summed E-state index contributed by atoms with van der Waals surface area (Å²) in [4.78, 5) is 8.85. The second kappa shape index (κ2) is 9.98. The first-order chi connectivity index (χ1) is 14.3. The number of ether oxygens (including phenoxy) is 2. The molecule has 29 heavy (non-hydrogen) atoms. The van der Waals surface area contributed by atoms with Crippen LogP contribution in [0.5, 0.6) is 5.75 Å². The zero-order valence-corrected chi connectivity index (χ0v) is 16.8. The lowest BCUT2D eigenvalue weighted by Crippen LogP contribution is -2.36. The van der Waals surface area contributed by atoms with Crippen LogP contribution in [0.15, 0.2) is 36.7 Å². The molecule has 6 nitrogen and oxygen atoms in total. The molecule has 0 saturated carbocycles. The molecule has 2 aromatic rings. The normalized spacial score (nSPS) is 19.0. The van der Waals surface area contributed by atoms with Crippen LogP contribution in [-0.2, 0) is 22.6 Å². The van der Waals surface area contributed by atoms with Crippen molar-refractivity contribution in [1.82, 2.24) is 14.8 Å². The van der Waals surface area contributed by atoms with Crippen molar-refractivity contribution in [2.75, 3.05) is 52.6 Å². The van der Waals surface area contributed by atoms with Gasteiger partial charge in [0.1, 0.15) is 5.75 Å². The average Bonchev–Trinajstić information content (AvgIpc) is 2.77. The maximum Gasteiger partial charge on any atom is 0.124 e. The van der Waals surface area contributed by atoms with Crippen molar-refractivity contribution in [2.24, 2.45) is 0 Å². The quantitative estimate of drug-likeness (QED) is 0.812. The fourth-order valence-corrected chi connectivity index (χ4v) is 3.79. The number of phenolic OH excluding ortho intramolecular Hbond substituents is 1. The number of benzene rings is 1. The maximum atomic E-state index is 11.0. The molecule has 4 rings (SSSR count). The van der Waals surface area contributed by atoms with Crippen LogP contribution in [0.3, 0.4) is 0 Å². The third-order valence-corrected chi connectivity index (χ3v) is 5.44. The second-order valence-corrected chi connectivity index (χ2v) is 7.58. The predicted octanol–water partition coefficient (Wildman–Crippen LogP) is 2.62. The number of hydrogen-bond acceptors (Lipinski definition) is 6. The van der Waals surface area contributed by atoms with Gasteiger partial charge in [-0.25, -0.2) is 0 Å². The van der Waals surface area contributed by atoms with Crippen LogP contribution in [0.1, 0.15) is 22.3 Å². The molecule has 6 heteroatoms. The molecule has 0 radical (unpaired) electrons. The van der Waals surface area contributed by atoms with E-state index in [2.05, 4.69) is 39.1 Å². The van der Waals surface area contributed by atoms with Gasteiger partial charge in [0.25, 0.3) is 0 Å². The molecule has 2 aliphatic heterocycles. The second-order valence-electron chi connectivity index (χ2n) is 7.58. The summed E-state index contributed by atoms with van der Waals surface area (Å²) in [5, 5.41) is 11.0. The van der Waals surface area contributed by atoms with Crippen molar-refractivity contribution in [2.45, 2.75) is 13.1 Å². The molecular weight excluding hydrogens is 366 g/mol. The zero-order valence-electron chi connectivity index (χ0n) is 16.8. The van der Waals surface area contributed by atoms with E-state index in [1.54, 1.807) is 6.20 Å². The molecule has 3 heterocycles. The summed E-state index contributed by atoms with van der Waals surface area (Å²) in [6, 6.07) is 8.17. The van der Waals surface area contributed by atoms with Gasteiger partial charge in [-0.1, -0.05) is 18.2 Å². The van der Waals surface area contributed by atoms with Gasteiger partial charge in [-0.2, -0.15) is 0 Å². The highest BCUT2D eigenvalue weighted by molar-refractivity contribution is 5.70. The van der Waals surface area contributed by atoms with Gasteiger partial charge in [-0.3, -0.25) is 14.8 Å². The highest BCUT2D eigenvalue weighted by atomic mass is 16.5. The van der Waals surface area contributed by atoms with Crippen LogP contribution >= 0.6 is 0 Å². The van der Waals surface area contributed by atoms with E-state index in [4.69, 9.17) is 9.47 Å². The minimum Gasteiger partial charge on any atom is -0.507 e. The largest absolute Gasteiger partial charge is 0.507 e. The number of pyridine rings is 1. The molecular formula is C23H29N3O3. The minimum atomic E-state index is 0.418. The van der Waals surface area contributed by atoms with Gasteiger partial charge in [0.15, 0.2) is 0 Å². The number of rotatable bonds is 6. The highest BCUT2D eigenvalue weighted by Gasteiger charge is 2.18. The molecule has 0 aliphatic carbocycles. The Hall–Kier alpha value is -2.25. The van der Waals surface area contributed by atoms with Crippen molar-refractivity contribution in [3.05, 3.63) is 58.9 Å². The topological polar surface area (TPSA) is 58.1 Å².